The van der Waals surface area contributed by atoms with Gasteiger partial charge in [0, 0.05) is 109 Å². The molecular formula is C83H99N11O14. The van der Waals surface area contributed by atoms with Crippen LogP contribution in [0.15, 0.2) is 146 Å². The molecule has 7 aromatic rings. The molecule has 0 fully saturated rings. The summed E-state index contributed by atoms with van der Waals surface area (Å²) in [5.74, 6) is -0.845. The molecule has 25 nitrogen and oxygen atoms in total. The molecule has 2 aliphatic heterocycles. The fourth-order valence-corrected chi connectivity index (χ4v) is 13.5. The molecule has 2 aromatic heterocycles. The van der Waals surface area contributed by atoms with Crippen molar-refractivity contribution in [1.29, 1.82) is 0 Å². The van der Waals surface area contributed by atoms with Crippen molar-refractivity contribution in [3.63, 3.8) is 0 Å². The first-order valence-electron chi connectivity index (χ1n) is 36.0. The van der Waals surface area contributed by atoms with Gasteiger partial charge in [0.2, 0.25) is 35.4 Å². The van der Waals surface area contributed by atoms with Crippen molar-refractivity contribution in [2.75, 3.05) is 55.5 Å². The minimum absolute atomic E-state index is 0.0134. The molecule has 4 heterocycles. The van der Waals surface area contributed by atoms with Gasteiger partial charge in [-0.2, -0.15) is 0 Å². The molecular weight excluding hydrogens is 1370 g/mol. The monoisotopic (exact) mass is 1470 g/mol. The van der Waals surface area contributed by atoms with Crippen LogP contribution in [0.5, 0.6) is 0 Å². The maximum atomic E-state index is 13.1. The summed E-state index contributed by atoms with van der Waals surface area (Å²) in [4.78, 5) is 140. The zero-order valence-corrected chi connectivity index (χ0v) is 64.1. The lowest BCUT2D eigenvalue weighted by Crippen LogP contribution is -2.37. The molecule has 9 amide bonds. The standard InChI is InChI=1S/C33H37N5O5.C32H36N4O4.C18H26N2O5/c1-21(39)38(19-24-10-7-6-9-23(24)18-37(5)31(42)43-32(2,3)4)20-28(40)35-26-13-12-22-16-33(17-25(22)15-26)27-11-8-14-34-29(27)36-30(33)41;1-31(2,3)40-30(39)36(4)20-23-10-6-5-9-21(23)11-7-13-27(37)34-25-15-14-22-18-32(19-24(22)17-25)26-12-8-16-33-28(26)35-29(32)38;1-13(21)20(12-16(22)23)11-15-9-7-6-8-14(15)10-19(5)17(24)25-18(2,3)4/h6-15H,16-20H2,1-5H3,(H,35,40)(H,34,36,41);5-6,8-10,12,14-17H,7,11,13,18-20H2,1-4H3,(H,34,37)(H,33,35,38);6-9H,10-12H2,1-5H3,(H,22,23)/t33-;32-;/m11./s1. The van der Waals surface area contributed by atoms with Gasteiger partial charge in [-0.3, -0.25) is 33.6 Å². The van der Waals surface area contributed by atoms with E-state index in [1.54, 1.807) is 59.2 Å². The molecule has 0 radical (unpaired) electrons. The normalized spacial score (nSPS) is 15.6. The van der Waals surface area contributed by atoms with E-state index in [0.29, 0.717) is 68.9 Å². The van der Waals surface area contributed by atoms with E-state index in [-0.39, 0.29) is 74.3 Å². The number of aromatic nitrogens is 2. The lowest BCUT2D eigenvalue weighted by atomic mass is 9.79. The van der Waals surface area contributed by atoms with E-state index in [0.717, 1.165) is 78.9 Å². The number of amides is 9. The number of rotatable bonds is 20. The summed E-state index contributed by atoms with van der Waals surface area (Å²) in [6.07, 6.45) is 6.18. The molecule has 2 aliphatic carbocycles. The number of pyridine rings is 2. The quantitative estimate of drug-likeness (QED) is 0.0443. The Morgan fingerprint density at radius 2 is 0.796 bits per heavy atom. The Labute approximate surface area is 631 Å². The van der Waals surface area contributed by atoms with Crippen molar-refractivity contribution in [2.24, 2.45) is 0 Å². The zero-order valence-electron chi connectivity index (χ0n) is 64.1. The highest BCUT2D eigenvalue weighted by Crippen LogP contribution is 2.48. The summed E-state index contributed by atoms with van der Waals surface area (Å²) < 4.78 is 16.3. The van der Waals surface area contributed by atoms with Gasteiger partial charge in [-0.25, -0.2) is 24.4 Å². The number of anilines is 4. The van der Waals surface area contributed by atoms with Gasteiger partial charge in [-0.15, -0.1) is 0 Å². The van der Waals surface area contributed by atoms with Gasteiger partial charge in [0.05, 0.1) is 10.8 Å². The van der Waals surface area contributed by atoms with Crippen LogP contribution < -0.4 is 21.3 Å². The van der Waals surface area contributed by atoms with Gasteiger partial charge in [0.25, 0.3) is 0 Å². The maximum absolute atomic E-state index is 13.1. The third-order valence-electron chi connectivity index (χ3n) is 18.7. The van der Waals surface area contributed by atoms with Gasteiger partial charge in [0.15, 0.2) is 0 Å². The van der Waals surface area contributed by atoms with Crippen LogP contribution >= 0.6 is 0 Å². The van der Waals surface area contributed by atoms with Crippen LogP contribution in [0, 0.1) is 0 Å². The van der Waals surface area contributed by atoms with Gasteiger partial charge in [-0.05, 0) is 193 Å². The number of carboxylic acid groups (broad SMARTS) is 1. The molecule has 4 aliphatic rings. The van der Waals surface area contributed by atoms with Gasteiger partial charge in [0.1, 0.15) is 41.5 Å². The van der Waals surface area contributed by atoms with Crippen LogP contribution in [-0.4, -0.2) is 150 Å². The van der Waals surface area contributed by atoms with E-state index < -0.39 is 45.8 Å². The highest BCUT2D eigenvalue weighted by Gasteiger charge is 2.52. The number of hydrogen-bond acceptors (Lipinski definition) is 15. The largest absolute Gasteiger partial charge is 0.480 e. The molecule has 5 N–H and O–H groups in total. The van der Waals surface area contributed by atoms with E-state index in [2.05, 4.69) is 31.2 Å². The van der Waals surface area contributed by atoms with E-state index in [4.69, 9.17) is 19.3 Å². The molecule has 108 heavy (non-hydrogen) atoms. The molecule has 25 heteroatoms. The number of aliphatic carboxylic acids is 1. The maximum Gasteiger partial charge on any atom is 0.410 e. The molecule has 2 spiro atoms. The second-order valence-electron chi connectivity index (χ2n) is 31.0. The molecule has 570 valence electrons. The van der Waals surface area contributed by atoms with Crippen LogP contribution in [0.1, 0.15) is 156 Å². The number of nitrogens with zero attached hydrogens (tertiary/aromatic N) is 7. The number of benzene rings is 5. The summed E-state index contributed by atoms with van der Waals surface area (Å²) in [5.41, 5.74) is 9.82. The van der Waals surface area contributed by atoms with Crippen LogP contribution in [0.4, 0.5) is 37.4 Å². The van der Waals surface area contributed by atoms with Crippen molar-refractivity contribution in [3.8, 4) is 0 Å². The Balaban J connectivity index is 0.000000194. The molecule has 5 aromatic carbocycles. The lowest BCUT2D eigenvalue weighted by molar-refractivity contribution is -0.144. The van der Waals surface area contributed by atoms with Gasteiger partial charge < -0.3 is 65.1 Å². The van der Waals surface area contributed by atoms with Crippen LogP contribution in [0.25, 0.3) is 0 Å². The van der Waals surface area contributed by atoms with Crippen molar-refractivity contribution < 1.29 is 67.3 Å². The van der Waals surface area contributed by atoms with Crippen LogP contribution in [-0.2, 0) is 123 Å². The van der Waals surface area contributed by atoms with Crippen molar-refractivity contribution in [3.05, 3.63) is 213 Å². The van der Waals surface area contributed by atoms with Gasteiger partial charge in [-0.1, -0.05) is 97.1 Å². The highest BCUT2D eigenvalue weighted by molar-refractivity contribution is 6.07. The number of ether oxygens (including phenoxy) is 3. The van der Waals surface area contributed by atoms with Crippen LogP contribution in [0.3, 0.4) is 0 Å². The number of nitrogens with one attached hydrogen (secondary N) is 4. The number of carbonyl (C=O) groups excluding carboxylic acids is 9. The molecule has 0 saturated heterocycles. The smallest absolute Gasteiger partial charge is 0.410 e. The van der Waals surface area contributed by atoms with Crippen LogP contribution in [0.2, 0.25) is 0 Å². The Bertz CT molecular complexity index is 4560. The molecule has 2 atom stereocenters. The van der Waals surface area contributed by atoms with Crippen molar-refractivity contribution in [1.82, 2.24) is 34.5 Å². The predicted octanol–water partition coefficient (Wildman–Crippen LogP) is 12.3. The first kappa shape index (κ1) is 80.6. The third kappa shape index (κ3) is 21.0. The van der Waals surface area contributed by atoms with Crippen molar-refractivity contribution in [2.45, 2.75) is 181 Å². The minimum Gasteiger partial charge on any atom is -0.480 e. The Morgan fingerprint density at radius 3 is 1.17 bits per heavy atom. The topological polar surface area (TPSA) is 309 Å². The Morgan fingerprint density at radius 1 is 0.454 bits per heavy atom. The highest BCUT2D eigenvalue weighted by atomic mass is 16.6. The zero-order chi connectivity index (χ0) is 78.6. The average Bonchev–Trinajstić information content (AvgIpc) is 1.58. The third-order valence-corrected chi connectivity index (χ3v) is 18.7. The molecule has 11 rings (SSSR count). The van der Waals surface area contributed by atoms with E-state index in [1.165, 1.54) is 33.4 Å². The average molecular weight is 1470 g/mol. The lowest BCUT2D eigenvalue weighted by Gasteiger charge is -2.26. The summed E-state index contributed by atoms with van der Waals surface area (Å²) in [6, 6.07) is 42.0. The molecule has 0 saturated carbocycles. The fraction of sp³-hybridized carbons (Fsp3) is 0.398. The van der Waals surface area contributed by atoms with Gasteiger partial charge >= 0.3 is 24.2 Å². The SMILES string of the molecule is CC(=O)N(CC(=O)Nc1ccc2c(c1)C[C@@]1(C2)C(=O)Nc2ncccc21)Cc1ccccc1CN(C)C(=O)OC(C)(C)C.CC(=O)N(CC(=O)O)Cc1ccccc1CN(C)C(=O)OC(C)(C)C.CN(Cc1ccccc1CCCC(=O)Nc1ccc2c(c1)C[C@@]1(C2)C(=O)Nc2ncccc21)C(=O)OC(C)(C)C. The molecule has 0 unspecified atom stereocenters. The number of carboxylic acids is 1. The first-order valence-corrected chi connectivity index (χ1v) is 36.0. The number of aryl methyl sites for hydroxylation is 1. The second kappa shape index (κ2) is 33.9. The fourth-order valence-electron chi connectivity index (χ4n) is 13.5. The summed E-state index contributed by atoms with van der Waals surface area (Å²) in [7, 11) is 5.02. The van der Waals surface area contributed by atoms with E-state index >= 15 is 0 Å². The first-order chi connectivity index (χ1) is 50.9. The van der Waals surface area contributed by atoms with E-state index in [9.17, 15) is 47.9 Å². The van der Waals surface area contributed by atoms with E-state index in [1.807, 2.05) is 175 Å². The second-order valence-corrected chi connectivity index (χ2v) is 31.0. The number of hydrogen-bond donors (Lipinski definition) is 5. The van der Waals surface area contributed by atoms with Crippen molar-refractivity contribution >= 4 is 82.7 Å². The number of fused-ring (bicyclic) bond motifs is 6. The molecule has 0 bridgehead atoms. The number of carbonyl (C=O) groups is 10. The summed E-state index contributed by atoms with van der Waals surface area (Å²) in [5, 5.41) is 20.7. The predicted molar refractivity (Wildman–Crippen MR) is 409 cm³/mol. The summed E-state index contributed by atoms with van der Waals surface area (Å²) >= 11 is 0. The summed E-state index contributed by atoms with van der Waals surface area (Å²) in [6.45, 7) is 20.0. The minimum atomic E-state index is -1.07. The Hall–Kier alpha value is -11.5. The Kier molecular flexibility index (Phi) is 25.3.